The molecule has 0 unspecified atom stereocenters. The zero-order valence-electron chi connectivity index (χ0n) is 23.6. The minimum Gasteiger partial charge on any atom is -0.436 e. The topological polar surface area (TPSA) is 40.3 Å². The second-order valence-electron chi connectivity index (χ2n) is 11.3. The molecule has 0 spiro atoms. The fourth-order valence-electron chi connectivity index (χ4n) is 6.95. The fraction of sp³-hybridized carbons (Fsp3) is 0. The number of furan rings is 1. The summed E-state index contributed by atoms with van der Waals surface area (Å²) in [5, 5.41) is 3.48. The van der Waals surface area contributed by atoms with Gasteiger partial charge in [-0.15, -0.1) is 0 Å². The lowest BCUT2D eigenvalue weighted by molar-refractivity contribution is 0.656. The maximum absolute atomic E-state index is 6.20. The summed E-state index contributed by atoms with van der Waals surface area (Å²) in [6.45, 7) is 0. The third-order valence-electron chi connectivity index (χ3n) is 8.89. The van der Waals surface area contributed by atoms with Crippen LogP contribution in [0.4, 0.5) is 0 Å². The van der Waals surface area contributed by atoms with Crippen LogP contribution in [0, 0.1) is 0 Å². The first-order valence-corrected chi connectivity index (χ1v) is 14.8. The number of para-hydroxylation sites is 4. The van der Waals surface area contributed by atoms with Gasteiger partial charge in [0.25, 0.3) is 0 Å². The molecule has 44 heavy (non-hydrogen) atoms. The normalized spacial score (nSPS) is 12.1. The van der Waals surface area contributed by atoms with Crippen LogP contribution in [0.25, 0.3) is 83.3 Å². The molecule has 0 aliphatic heterocycles. The van der Waals surface area contributed by atoms with Gasteiger partial charge in [0.05, 0.1) is 22.1 Å². The minimum absolute atomic E-state index is 0.650. The molecule has 0 aliphatic carbocycles. The molecule has 0 N–H and O–H groups in total. The molecule has 4 heterocycles. The number of imidazole rings is 2. The van der Waals surface area contributed by atoms with E-state index in [1.165, 1.54) is 27.4 Å². The Bertz CT molecular complexity index is 2700. The zero-order chi connectivity index (χ0) is 28.8. The molecule has 0 amide bonds. The van der Waals surface area contributed by atoms with E-state index in [0.717, 1.165) is 50.2 Å². The lowest BCUT2D eigenvalue weighted by Crippen LogP contribution is -1.96. The van der Waals surface area contributed by atoms with Crippen molar-refractivity contribution in [2.45, 2.75) is 0 Å². The second kappa shape index (κ2) is 8.72. The van der Waals surface area contributed by atoms with E-state index in [4.69, 9.17) is 9.40 Å². The van der Waals surface area contributed by atoms with Crippen molar-refractivity contribution in [3.8, 4) is 22.5 Å². The van der Waals surface area contributed by atoms with Gasteiger partial charge in [-0.3, -0.25) is 8.97 Å². The molecule has 0 radical (unpaired) electrons. The summed E-state index contributed by atoms with van der Waals surface area (Å²) in [5.74, 6) is 0.838. The van der Waals surface area contributed by atoms with Crippen molar-refractivity contribution in [3.63, 3.8) is 0 Å². The molecule has 4 aromatic heterocycles. The van der Waals surface area contributed by atoms with E-state index in [1.807, 2.05) is 12.1 Å². The molecule has 5 heteroatoms. The van der Waals surface area contributed by atoms with E-state index in [0.29, 0.717) is 5.71 Å². The Hall–Kier alpha value is -6.07. The number of fused-ring (bicyclic) bond motifs is 10. The van der Waals surface area contributed by atoms with E-state index in [2.05, 4.69) is 147 Å². The van der Waals surface area contributed by atoms with E-state index >= 15 is 0 Å². The van der Waals surface area contributed by atoms with Gasteiger partial charge in [-0.1, -0.05) is 84.9 Å². The zero-order valence-corrected chi connectivity index (χ0v) is 23.6. The van der Waals surface area contributed by atoms with E-state index in [1.54, 1.807) is 0 Å². The average molecular weight is 565 g/mol. The second-order valence-corrected chi connectivity index (χ2v) is 11.3. The van der Waals surface area contributed by atoms with Gasteiger partial charge < -0.3 is 8.98 Å². The van der Waals surface area contributed by atoms with Crippen molar-refractivity contribution >= 4 is 60.8 Å². The third kappa shape index (κ3) is 3.15. The van der Waals surface area contributed by atoms with Crippen LogP contribution >= 0.6 is 0 Å². The number of hydrogen-bond donors (Lipinski definition) is 0. The van der Waals surface area contributed by atoms with Crippen LogP contribution in [-0.4, -0.2) is 18.5 Å². The molecule has 10 aromatic rings. The van der Waals surface area contributed by atoms with E-state index in [-0.39, 0.29) is 0 Å². The van der Waals surface area contributed by atoms with Gasteiger partial charge in [0, 0.05) is 27.5 Å². The summed E-state index contributed by atoms with van der Waals surface area (Å²) >= 11 is 0. The van der Waals surface area contributed by atoms with Crippen LogP contribution in [0.5, 0.6) is 0 Å². The molecule has 0 fully saturated rings. The SMILES string of the molecule is c1ccc(-c2ccc(-n3c4ccccc4c4cc(-n5c6ccccc6n6c7c(nc56)oc5ccccc57)ccc43)cc2)cc1. The molecule has 0 saturated carbocycles. The van der Waals surface area contributed by atoms with Crippen molar-refractivity contribution in [1.29, 1.82) is 0 Å². The summed E-state index contributed by atoms with van der Waals surface area (Å²) < 4.78 is 13.1. The van der Waals surface area contributed by atoms with E-state index < -0.39 is 0 Å². The Morgan fingerprint density at radius 3 is 1.93 bits per heavy atom. The highest BCUT2D eigenvalue weighted by Gasteiger charge is 2.22. The lowest BCUT2D eigenvalue weighted by Gasteiger charge is -2.10. The van der Waals surface area contributed by atoms with Crippen LogP contribution in [0.1, 0.15) is 0 Å². The first-order valence-electron chi connectivity index (χ1n) is 14.8. The van der Waals surface area contributed by atoms with Gasteiger partial charge in [-0.05, 0) is 71.8 Å². The number of hydrogen-bond acceptors (Lipinski definition) is 2. The molecule has 0 bridgehead atoms. The summed E-state index contributed by atoms with van der Waals surface area (Å²) in [4.78, 5) is 5.05. The van der Waals surface area contributed by atoms with Crippen molar-refractivity contribution < 1.29 is 4.42 Å². The van der Waals surface area contributed by atoms with Gasteiger partial charge in [-0.25, -0.2) is 0 Å². The first kappa shape index (κ1) is 23.5. The maximum Gasteiger partial charge on any atom is 0.248 e. The number of aromatic nitrogens is 4. The van der Waals surface area contributed by atoms with Crippen LogP contribution in [0.15, 0.2) is 150 Å². The molecule has 0 atom stereocenters. The third-order valence-corrected chi connectivity index (χ3v) is 8.89. The highest BCUT2D eigenvalue weighted by Crippen LogP contribution is 2.37. The molecular weight excluding hydrogens is 540 g/mol. The predicted octanol–water partition coefficient (Wildman–Crippen LogP) is 9.94. The Balaban J connectivity index is 1.21. The molecule has 10 rings (SSSR count). The highest BCUT2D eigenvalue weighted by molar-refractivity contribution is 6.10. The van der Waals surface area contributed by atoms with Crippen molar-refractivity contribution in [2.75, 3.05) is 0 Å². The molecular formula is C39H24N4O. The predicted molar refractivity (Wildman–Crippen MR) is 179 cm³/mol. The van der Waals surface area contributed by atoms with Crippen LogP contribution in [0.2, 0.25) is 0 Å². The van der Waals surface area contributed by atoms with Gasteiger partial charge in [0.1, 0.15) is 11.1 Å². The number of nitrogens with zero attached hydrogens (tertiary/aromatic N) is 4. The van der Waals surface area contributed by atoms with Gasteiger partial charge >= 0.3 is 0 Å². The maximum atomic E-state index is 6.20. The smallest absolute Gasteiger partial charge is 0.248 e. The van der Waals surface area contributed by atoms with Crippen molar-refractivity contribution in [2.24, 2.45) is 0 Å². The quantitative estimate of drug-likeness (QED) is 0.214. The Kier molecular flexibility index (Phi) is 4.66. The average Bonchev–Trinajstić information content (AvgIpc) is 3.80. The summed E-state index contributed by atoms with van der Waals surface area (Å²) in [6.07, 6.45) is 0. The molecule has 5 nitrogen and oxygen atoms in total. The van der Waals surface area contributed by atoms with Gasteiger partial charge in [0.15, 0.2) is 0 Å². The largest absolute Gasteiger partial charge is 0.436 e. The van der Waals surface area contributed by atoms with Crippen molar-refractivity contribution in [3.05, 3.63) is 146 Å². The van der Waals surface area contributed by atoms with Gasteiger partial charge in [-0.2, -0.15) is 4.98 Å². The number of benzene rings is 6. The molecule has 6 aromatic carbocycles. The molecule has 0 aliphatic rings. The summed E-state index contributed by atoms with van der Waals surface area (Å²) in [7, 11) is 0. The fourth-order valence-corrected chi connectivity index (χ4v) is 6.95. The van der Waals surface area contributed by atoms with Crippen LogP contribution < -0.4 is 0 Å². The number of rotatable bonds is 3. The summed E-state index contributed by atoms with van der Waals surface area (Å²) in [6, 6.07) is 51.4. The van der Waals surface area contributed by atoms with Crippen molar-refractivity contribution in [1.82, 2.24) is 18.5 Å². The molecule has 206 valence electrons. The highest BCUT2D eigenvalue weighted by atomic mass is 16.3. The minimum atomic E-state index is 0.650. The Morgan fingerprint density at radius 2 is 1.09 bits per heavy atom. The van der Waals surface area contributed by atoms with Crippen LogP contribution in [0.3, 0.4) is 0 Å². The Labute approximate surface area is 251 Å². The Morgan fingerprint density at radius 1 is 0.455 bits per heavy atom. The lowest BCUT2D eigenvalue weighted by atomic mass is 10.1. The standard InChI is InChI=1S/C39H24N4O/c1-2-10-25(11-3-1)26-18-20-27(21-19-26)41-32-14-6-4-12-29(32)31-24-28(22-23-33(31)41)42-34-15-7-8-16-35(34)43-37-30-13-5-9-17-36(30)44-38(37)40-39(42)43/h1-24H. The van der Waals surface area contributed by atoms with Crippen LogP contribution in [-0.2, 0) is 0 Å². The molecule has 0 saturated heterocycles. The van der Waals surface area contributed by atoms with E-state index in [9.17, 15) is 0 Å². The first-order chi connectivity index (χ1) is 21.8. The van der Waals surface area contributed by atoms with Gasteiger partial charge in [0.2, 0.25) is 11.5 Å². The monoisotopic (exact) mass is 564 g/mol. The summed E-state index contributed by atoms with van der Waals surface area (Å²) in [5.41, 5.74) is 11.7.